The van der Waals surface area contributed by atoms with Crippen molar-refractivity contribution in [2.24, 2.45) is 5.92 Å². The second-order valence-corrected chi connectivity index (χ2v) is 8.95. The molecule has 0 bridgehead atoms. The van der Waals surface area contributed by atoms with Crippen LogP contribution in [0, 0.1) is 5.92 Å². The van der Waals surface area contributed by atoms with E-state index in [1.807, 2.05) is 10.9 Å². The molecule has 30 heavy (non-hydrogen) atoms. The van der Waals surface area contributed by atoms with Crippen molar-refractivity contribution >= 4 is 11.6 Å². The van der Waals surface area contributed by atoms with Gasteiger partial charge in [0.05, 0.1) is 6.20 Å². The number of piperidine rings is 1. The summed E-state index contributed by atoms with van der Waals surface area (Å²) in [6, 6.07) is 8.86. The van der Waals surface area contributed by atoms with Gasteiger partial charge in [-0.25, -0.2) is 4.68 Å². The minimum absolute atomic E-state index is 0.0870. The van der Waals surface area contributed by atoms with Crippen LogP contribution in [-0.4, -0.2) is 53.4 Å². The highest BCUT2D eigenvalue weighted by Crippen LogP contribution is 2.29. The minimum atomic E-state index is 0.0870. The lowest BCUT2D eigenvalue weighted by atomic mass is 9.95. The highest BCUT2D eigenvalue weighted by atomic mass is 16.5. The lowest BCUT2D eigenvalue weighted by Crippen LogP contribution is -2.39. The average Bonchev–Trinajstić information content (AvgIpc) is 3.45. The SMILES string of the molecule is O=C1CCCN1CC1CCN(c2ccc(-c3cnn(C4CCCCO4)c3)cc2)CC1. The summed E-state index contributed by atoms with van der Waals surface area (Å²) in [5.74, 6) is 1.00. The number of rotatable bonds is 5. The molecule has 0 spiro atoms. The summed E-state index contributed by atoms with van der Waals surface area (Å²) in [7, 11) is 0. The number of benzene rings is 1. The molecule has 160 valence electrons. The van der Waals surface area contributed by atoms with E-state index in [0.29, 0.717) is 11.8 Å². The van der Waals surface area contributed by atoms with Crippen molar-refractivity contribution in [2.45, 2.75) is 51.2 Å². The highest BCUT2D eigenvalue weighted by Gasteiger charge is 2.26. The first kappa shape index (κ1) is 19.6. The van der Waals surface area contributed by atoms with Gasteiger partial charge in [-0.3, -0.25) is 4.79 Å². The van der Waals surface area contributed by atoms with E-state index < -0.39 is 0 Å². The Kier molecular flexibility index (Phi) is 5.75. The van der Waals surface area contributed by atoms with E-state index >= 15 is 0 Å². The predicted octanol–water partition coefficient (Wildman–Crippen LogP) is 4.09. The van der Waals surface area contributed by atoms with Crippen molar-refractivity contribution in [3.05, 3.63) is 36.7 Å². The van der Waals surface area contributed by atoms with Crippen LogP contribution in [0.25, 0.3) is 11.1 Å². The Morgan fingerprint density at radius 3 is 2.50 bits per heavy atom. The molecule has 1 aromatic heterocycles. The second kappa shape index (κ2) is 8.80. The van der Waals surface area contributed by atoms with Crippen LogP contribution in [0.15, 0.2) is 36.7 Å². The summed E-state index contributed by atoms with van der Waals surface area (Å²) in [6.45, 7) is 4.90. The van der Waals surface area contributed by atoms with Gasteiger partial charge in [0.2, 0.25) is 5.91 Å². The van der Waals surface area contributed by atoms with Gasteiger partial charge in [0.25, 0.3) is 0 Å². The summed E-state index contributed by atoms with van der Waals surface area (Å²) in [6.07, 6.45) is 11.7. The number of aromatic nitrogens is 2. The summed E-state index contributed by atoms with van der Waals surface area (Å²) < 4.78 is 7.81. The largest absolute Gasteiger partial charge is 0.372 e. The Hall–Kier alpha value is -2.34. The number of anilines is 1. The quantitative estimate of drug-likeness (QED) is 0.748. The third-order valence-corrected chi connectivity index (χ3v) is 6.88. The molecule has 1 aromatic carbocycles. The summed E-state index contributed by atoms with van der Waals surface area (Å²) in [5, 5.41) is 4.54. The standard InChI is InChI=1S/C24H32N4O2/c29-23-4-3-12-27(23)17-19-10-13-26(14-11-19)22-8-6-20(7-9-22)21-16-25-28(18-21)24-5-1-2-15-30-24/h6-9,16,18-19,24H,1-5,10-15,17H2. The number of likely N-dealkylation sites (tertiary alicyclic amines) is 1. The fraction of sp³-hybridized carbons (Fsp3) is 0.583. The molecule has 3 aliphatic heterocycles. The van der Waals surface area contributed by atoms with Crippen LogP contribution in [-0.2, 0) is 9.53 Å². The average molecular weight is 409 g/mol. The van der Waals surface area contributed by atoms with E-state index in [1.54, 1.807) is 0 Å². The zero-order valence-electron chi connectivity index (χ0n) is 17.7. The van der Waals surface area contributed by atoms with Gasteiger partial charge in [-0.2, -0.15) is 5.10 Å². The number of hydrogen-bond acceptors (Lipinski definition) is 4. The molecule has 3 saturated heterocycles. The lowest BCUT2D eigenvalue weighted by molar-refractivity contribution is -0.128. The van der Waals surface area contributed by atoms with Crippen molar-refractivity contribution in [1.82, 2.24) is 14.7 Å². The van der Waals surface area contributed by atoms with E-state index in [2.05, 4.69) is 45.4 Å². The van der Waals surface area contributed by atoms with Crippen LogP contribution < -0.4 is 4.90 Å². The van der Waals surface area contributed by atoms with Crippen LogP contribution in [0.4, 0.5) is 5.69 Å². The van der Waals surface area contributed by atoms with E-state index in [-0.39, 0.29) is 6.23 Å². The van der Waals surface area contributed by atoms with Gasteiger partial charge in [-0.05, 0) is 62.1 Å². The molecule has 4 heterocycles. The van der Waals surface area contributed by atoms with Crippen LogP contribution in [0.5, 0.6) is 0 Å². The Bertz CT molecular complexity index is 848. The number of amides is 1. The Labute approximate surface area is 178 Å². The van der Waals surface area contributed by atoms with E-state index in [0.717, 1.165) is 64.0 Å². The van der Waals surface area contributed by atoms with Gasteiger partial charge < -0.3 is 14.5 Å². The van der Waals surface area contributed by atoms with E-state index in [1.165, 1.54) is 30.5 Å². The normalized spacial score (nSPS) is 23.3. The molecular formula is C24H32N4O2. The van der Waals surface area contributed by atoms with Crippen molar-refractivity contribution in [2.75, 3.05) is 37.7 Å². The molecule has 3 fully saturated rings. The fourth-order valence-electron chi connectivity index (χ4n) is 5.02. The van der Waals surface area contributed by atoms with Crippen LogP contribution in [0.1, 0.15) is 51.2 Å². The first-order chi connectivity index (χ1) is 14.8. The van der Waals surface area contributed by atoms with Crippen LogP contribution >= 0.6 is 0 Å². The first-order valence-corrected chi connectivity index (χ1v) is 11.6. The van der Waals surface area contributed by atoms with Gasteiger partial charge in [0.15, 0.2) is 0 Å². The summed E-state index contributed by atoms with van der Waals surface area (Å²) >= 11 is 0. The maximum atomic E-state index is 11.9. The molecule has 6 nitrogen and oxygen atoms in total. The zero-order chi connectivity index (χ0) is 20.3. The van der Waals surface area contributed by atoms with Crippen molar-refractivity contribution in [1.29, 1.82) is 0 Å². The molecule has 0 saturated carbocycles. The van der Waals surface area contributed by atoms with Gasteiger partial charge in [-0.15, -0.1) is 0 Å². The third-order valence-electron chi connectivity index (χ3n) is 6.88. The zero-order valence-corrected chi connectivity index (χ0v) is 17.7. The molecule has 0 radical (unpaired) electrons. The van der Waals surface area contributed by atoms with Crippen molar-refractivity contribution in [3.63, 3.8) is 0 Å². The fourth-order valence-corrected chi connectivity index (χ4v) is 5.02. The highest BCUT2D eigenvalue weighted by molar-refractivity contribution is 5.78. The Balaban J connectivity index is 1.17. The van der Waals surface area contributed by atoms with Gasteiger partial charge >= 0.3 is 0 Å². The van der Waals surface area contributed by atoms with Crippen molar-refractivity contribution < 1.29 is 9.53 Å². The third kappa shape index (κ3) is 4.24. The molecule has 0 N–H and O–H groups in total. The van der Waals surface area contributed by atoms with Gasteiger partial charge in [0, 0.05) is 56.7 Å². The van der Waals surface area contributed by atoms with Crippen molar-refractivity contribution in [3.8, 4) is 11.1 Å². The number of nitrogens with zero attached hydrogens (tertiary/aromatic N) is 4. The monoisotopic (exact) mass is 408 g/mol. The molecule has 1 atom stereocenters. The molecule has 1 unspecified atom stereocenters. The maximum absolute atomic E-state index is 11.9. The summed E-state index contributed by atoms with van der Waals surface area (Å²) in [4.78, 5) is 16.4. The first-order valence-electron chi connectivity index (χ1n) is 11.6. The van der Waals surface area contributed by atoms with E-state index in [9.17, 15) is 4.79 Å². The number of hydrogen-bond donors (Lipinski definition) is 0. The molecule has 3 aliphatic rings. The molecule has 6 heteroatoms. The summed E-state index contributed by atoms with van der Waals surface area (Å²) in [5.41, 5.74) is 3.63. The predicted molar refractivity (Wildman–Crippen MR) is 117 cm³/mol. The van der Waals surface area contributed by atoms with Crippen LogP contribution in [0.3, 0.4) is 0 Å². The number of carbonyl (C=O) groups is 1. The Morgan fingerprint density at radius 1 is 0.967 bits per heavy atom. The van der Waals surface area contributed by atoms with E-state index in [4.69, 9.17) is 4.74 Å². The van der Waals surface area contributed by atoms with Gasteiger partial charge in [0.1, 0.15) is 6.23 Å². The smallest absolute Gasteiger partial charge is 0.222 e. The Morgan fingerprint density at radius 2 is 1.80 bits per heavy atom. The molecule has 2 aromatic rings. The molecular weight excluding hydrogens is 376 g/mol. The molecule has 1 amide bonds. The minimum Gasteiger partial charge on any atom is -0.372 e. The maximum Gasteiger partial charge on any atom is 0.222 e. The topological polar surface area (TPSA) is 50.6 Å². The molecule has 0 aliphatic carbocycles. The number of carbonyl (C=O) groups excluding carboxylic acids is 1. The van der Waals surface area contributed by atoms with Crippen LogP contribution in [0.2, 0.25) is 0 Å². The molecule has 5 rings (SSSR count). The van der Waals surface area contributed by atoms with Gasteiger partial charge in [-0.1, -0.05) is 12.1 Å². The second-order valence-electron chi connectivity index (χ2n) is 8.95. The number of ether oxygens (including phenoxy) is 1. The lowest BCUT2D eigenvalue weighted by Gasteiger charge is -2.35.